The highest BCUT2D eigenvalue weighted by molar-refractivity contribution is 7.76. The molecule has 1 aliphatic heterocycles. The van der Waals surface area contributed by atoms with Crippen molar-refractivity contribution in [2.24, 2.45) is 0 Å². The van der Waals surface area contributed by atoms with Crippen LogP contribution in [0.5, 0.6) is 0 Å². The summed E-state index contributed by atoms with van der Waals surface area (Å²) < 4.78 is 20.6. The van der Waals surface area contributed by atoms with Gasteiger partial charge in [0.05, 0.1) is 33.8 Å². The number of para-hydroxylation sites is 2. The van der Waals surface area contributed by atoms with Gasteiger partial charge in [-0.3, -0.25) is 9.24 Å². The second-order valence-corrected chi connectivity index (χ2v) is 15.1. The zero-order valence-electron chi connectivity index (χ0n) is 28.2. The molecule has 0 N–H and O–H groups in total. The fraction of sp³-hybridized carbons (Fsp3) is 0. The SMILES string of the molecule is O=P1(c2ccccc2)N(c2cc(-c3ccccc3)cc(-c3ccccc3)c2)c2ccccc2N1c1nc(-c2ccccc2)cc(-c2ccccc2)n1. The van der Waals surface area contributed by atoms with Crippen molar-refractivity contribution in [2.45, 2.75) is 0 Å². The molecule has 0 aliphatic carbocycles. The van der Waals surface area contributed by atoms with Crippen molar-refractivity contribution >= 4 is 35.8 Å². The Bertz CT molecular complexity index is 2280. The molecule has 0 spiro atoms. The van der Waals surface area contributed by atoms with Crippen LogP contribution in [0.4, 0.5) is 23.0 Å². The minimum atomic E-state index is -3.77. The third-order valence-corrected chi connectivity index (χ3v) is 12.3. The summed E-state index contributed by atoms with van der Waals surface area (Å²) in [6, 6.07) is 67.2. The van der Waals surface area contributed by atoms with Crippen LogP contribution in [0.2, 0.25) is 0 Å². The Hall–Kier alpha value is -6.55. The summed E-state index contributed by atoms with van der Waals surface area (Å²) in [5, 5.41) is 0.674. The average molecular weight is 689 g/mol. The maximum Gasteiger partial charge on any atom is 0.304 e. The molecule has 1 aromatic heterocycles. The van der Waals surface area contributed by atoms with Gasteiger partial charge < -0.3 is 0 Å². The number of fused-ring (bicyclic) bond motifs is 1. The van der Waals surface area contributed by atoms with Gasteiger partial charge in [-0.1, -0.05) is 152 Å². The van der Waals surface area contributed by atoms with E-state index in [0.29, 0.717) is 11.3 Å². The van der Waals surface area contributed by atoms with E-state index in [1.54, 1.807) is 0 Å². The number of nitrogens with zero attached hydrogens (tertiary/aromatic N) is 4. The smallest absolute Gasteiger partial charge is 0.270 e. The van der Waals surface area contributed by atoms with E-state index in [-0.39, 0.29) is 0 Å². The highest BCUT2D eigenvalue weighted by atomic mass is 31.2. The minimum absolute atomic E-state index is 0.366. The minimum Gasteiger partial charge on any atom is -0.270 e. The number of benzene rings is 7. The van der Waals surface area contributed by atoms with Crippen molar-refractivity contribution in [3.8, 4) is 44.8 Å². The molecule has 52 heavy (non-hydrogen) atoms. The first-order valence-corrected chi connectivity index (χ1v) is 18.9. The molecule has 9 rings (SSSR count). The topological polar surface area (TPSA) is 49.3 Å². The Labute approximate surface area is 303 Å². The fourth-order valence-corrected chi connectivity index (χ4v) is 9.84. The lowest BCUT2D eigenvalue weighted by Gasteiger charge is -2.32. The van der Waals surface area contributed by atoms with Crippen molar-refractivity contribution in [2.75, 3.05) is 9.34 Å². The van der Waals surface area contributed by atoms with Crippen molar-refractivity contribution in [3.05, 3.63) is 200 Å². The molecule has 248 valence electrons. The van der Waals surface area contributed by atoms with Crippen LogP contribution in [0.3, 0.4) is 0 Å². The number of aromatic nitrogens is 2. The van der Waals surface area contributed by atoms with E-state index in [1.807, 2.05) is 167 Å². The molecule has 8 aromatic rings. The molecular formula is C46H33N4OP. The predicted octanol–water partition coefficient (Wildman–Crippen LogP) is 12.0. The summed E-state index contributed by atoms with van der Waals surface area (Å²) in [6.07, 6.45) is 0. The number of hydrogen-bond acceptors (Lipinski definition) is 3. The van der Waals surface area contributed by atoms with Crippen LogP contribution < -0.4 is 14.6 Å². The van der Waals surface area contributed by atoms with Crippen molar-refractivity contribution in [1.82, 2.24) is 9.97 Å². The lowest BCUT2D eigenvalue weighted by molar-refractivity contribution is 0.582. The van der Waals surface area contributed by atoms with Gasteiger partial charge >= 0.3 is 7.44 Å². The third kappa shape index (κ3) is 5.58. The third-order valence-electron chi connectivity index (χ3n) is 9.39. The Morgan fingerprint density at radius 1 is 0.365 bits per heavy atom. The van der Waals surface area contributed by atoms with E-state index in [4.69, 9.17) is 9.97 Å². The molecule has 6 heteroatoms. The zero-order chi connectivity index (χ0) is 34.9. The first kappa shape index (κ1) is 31.4. The standard InChI is InChI=1S/C46H33N4OP/c51-52(41-26-14-5-15-27-41)49(40-31-38(34-18-6-1-7-19-34)30-39(32-40)35-20-8-2-9-21-35)44-28-16-17-29-45(44)50(52)46-47-42(36-22-10-3-11-23-36)33-43(48-46)37-24-12-4-13-25-37/h1-33H. The molecule has 5 nitrogen and oxygen atoms in total. The van der Waals surface area contributed by atoms with E-state index in [2.05, 4.69) is 42.5 Å². The molecule has 0 amide bonds. The van der Waals surface area contributed by atoms with Crippen LogP contribution >= 0.6 is 7.44 Å². The molecule has 0 saturated carbocycles. The van der Waals surface area contributed by atoms with Crippen molar-refractivity contribution in [3.63, 3.8) is 0 Å². The Morgan fingerprint density at radius 2 is 0.750 bits per heavy atom. The fourth-order valence-electron chi connectivity index (χ4n) is 6.95. The molecule has 7 aromatic carbocycles. The summed E-state index contributed by atoms with van der Waals surface area (Å²) in [6.45, 7) is 0. The Kier molecular flexibility index (Phi) is 8.04. The van der Waals surface area contributed by atoms with Gasteiger partial charge in [-0.15, -0.1) is 0 Å². The molecule has 0 saturated heterocycles. The lowest BCUT2D eigenvalue weighted by Crippen LogP contribution is -2.27. The molecule has 2 heterocycles. The predicted molar refractivity (Wildman–Crippen MR) is 215 cm³/mol. The van der Waals surface area contributed by atoms with E-state index in [0.717, 1.165) is 61.8 Å². The molecule has 1 aliphatic rings. The van der Waals surface area contributed by atoms with Gasteiger partial charge in [0.2, 0.25) is 5.95 Å². The first-order valence-electron chi connectivity index (χ1n) is 17.3. The largest absolute Gasteiger partial charge is 0.304 e. The van der Waals surface area contributed by atoms with Gasteiger partial charge in [0.1, 0.15) is 0 Å². The van der Waals surface area contributed by atoms with Gasteiger partial charge in [0.25, 0.3) is 0 Å². The summed E-state index contributed by atoms with van der Waals surface area (Å²) in [4.78, 5) is 10.4. The van der Waals surface area contributed by atoms with Gasteiger partial charge in [-0.05, 0) is 70.8 Å². The van der Waals surface area contributed by atoms with Crippen LogP contribution in [0.15, 0.2) is 200 Å². The van der Waals surface area contributed by atoms with Crippen molar-refractivity contribution < 1.29 is 4.57 Å². The normalized spacial score (nSPS) is 15.0. The summed E-state index contributed by atoms with van der Waals surface area (Å²) in [5.74, 6) is 0.366. The van der Waals surface area contributed by atoms with Crippen LogP contribution in [0.1, 0.15) is 0 Å². The van der Waals surface area contributed by atoms with Gasteiger partial charge in [-0.25, -0.2) is 14.6 Å². The molecular weight excluding hydrogens is 656 g/mol. The van der Waals surface area contributed by atoms with Gasteiger partial charge in [-0.2, -0.15) is 0 Å². The van der Waals surface area contributed by atoms with Crippen molar-refractivity contribution in [1.29, 1.82) is 0 Å². The molecule has 1 unspecified atom stereocenters. The van der Waals surface area contributed by atoms with E-state index < -0.39 is 7.44 Å². The molecule has 0 fully saturated rings. The summed E-state index contributed by atoms with van der Waals surface area (Å²) in [5.41, 5.74) is 10.00. The van der Waals surface area contributed by atoms with Crippen LogP contribution in [-0.4, -0.2) is 9.97 Å². The van der Waals surface area contributed by atoms with E-state index in [1.165, 1.54) is 0 Å². The summed E-state index contributed by atoms with van der Waals surface area (Å²) >= 11 is 0. The molecule has 1 atom stereocenters. The molecule has 0 bridgehead atoms. The number of anilines is 4. The maximum absolute atomic E-state index is 16.7. The highest BCUT2D eigenvalue weighted by Gasteiger charge is 2.50. The second-order valence-electron chi connectivity index (χ2n) is 12.7. The van der Waals surface area contributed by atoms with Crippen LogP contribution in [0, 0.1) is 0 Å². The van der Waals surface area contributed by atoms with Crippen LogP contribution in [0.25, 0.3) is 44.8 Å². The van der Waals surface area contributed by atoms with Gasteiger partial charge in [0, 0.05) is 11.1 Å². The monoisotopic (exact) mass is 688 g/mol. The Balaban J connectivity index is 1.33. The summed E-state index contributed by atoms with van der Waals surface area (Å²) in [7, 11) is -3.77. The number of hydrogen-bond donors (Lipinski definition) is 0. The zero-order valence-corrected chi connectivity index (χ0v) is 29.1. The maximum atomic E-state index is 16.7. The quantitative estimate of drug-likeness (QED) is 0.156. The van der Waals surface area contributed by atoms with Crippen LogP contribution in [-0.2, 0) is 4.57 Å². The van der Waals surface area contributed by atoms with Gasteiger partial charge in [0.15, 0.2) is 0 Å². The second kappa shape index (κ2) is 13.3. The van der Waals surface area contributed by atoms with E-state index >= 15 is 4.57 Å². The number of rotatable bonds is 7. The average Bonchev–Trinajstić information content (AvgIpc) is 3.51. The highest BCUT2D eigenvalue weighted by Crippen LogP contribution is 2.69. The lowest BCUT2D eigenvalue weighted by atomic mass is 9.98. The molecule has 0 radical (unpaired) electrons. The Morgan fingerprint density at radius 3 is 1.21 bits per heavy atom. The van der Waals surface area contributed by atoms with E-state index in [9.17, 15) is 0 Å². The first-order chi connectivity index (χ1) is 25.7.